The molecule has 0 saturated heterocycles. The van der Waals surface area contributed by atoms with Gasteiger partial charge in [0, 0.05) is 4.47 Å². The number of hydrogen-bond donors (Lipinski definition) is 1. The number of hydrogen-bond acceptors (Lipinski definition) is 3. The van der Waals surface area contributed by atoms with Crippen LogP contribution < -0.4 is 0 Å². The van der Waals surface area contributed by atoms with Gasteiger partial charge in [0.2, 0.25) is 10.0 Å². The summed E-state index contributed by atoms with van der Waals surface area (Å²) in [5, 5.41) is 8.69. The van der Waals surface area contributed by atoms with E-state index in [2.05, 4.69) is 21.9 Å². The fraction of sp³-hybridized carbons (Fsp3) is 0.182. The summed E-state index contributed by atoms with van der Waals surface area (Å²) in [6, 6.07) is 2.98. The fourth-order valence-electron chi connectivity index (χ4n) is 1.30. The summed E-state index contributed by atoms with van der Waals surface area (Å²) in [4.78, 5) is 10.4. The maximum atomic E-state index is 12.9. The van der Waals surface area contributed by atoms with Crippen molar-refractivity contribution in [3.05, 3.63) is 28.5 Å². The Kier molecular flexibility index (Phi) is 5.05. The van der Waals surface area contributed by atoms with E-state index in [0.29, 0.717) is 4.31 Å². The summed E-state index contributed by atoms with van der Waals surface area (Å²) in [6.45, 7) is -1.16. The summed E-state index contributed by atoms with van der Waals surface area (Å²) in [5.74, 6) is 0.120. The summed E-state index contributed by atoms with van der Waals surface area (Å²) < 4.78 is 38.0. The van der Waals surface area contributed by atoms with Crippen LogP contribution in [0.5, 0.6) is 0 Å². The minimum atomic E-state index is -4.11. The van der Waals surface area contributed by atoms with E-state index in [-0.39, 0.29) is 9.37 Å². The molecule has 1 aromatic rings. The lowest BCUT2D eigenvalue weighted by molar-refractivity contribution is -0.137. The molecule has 0 bridgehead atoms. The summed E-state index contributed by atoms with van der Waals surface area (Å²) in [5.41, 5.74) is 0. The van der Waals surface area contributed by atoms with Gasteiger partial charge >= 0.3 is 5.97 Å². The molecule has 0 fully saturated rings. The Morgan fingerprint density at radius 3 is 2.63 bits per heavy atom. The Balaban J connectivity index is 3.27. The number of aliphatic carboxylic acids is 1. The van der Waals surface area contributed by atoms with Crippen molar-refractivity contribution in [2.75, 3.05) is 13.1 Å². The Morgan fingerprint density at radius 2 is 2.16 bits per heavy atom. The van der Waals surface area contributed by atoms with Crippen LogP contribution in [-0.4, -0.2) is 36.9 Å². The topological polar surface area (TPSA) is 74.7 Å². The van der Waals surface area contributed by atoms with Crippen molar-refractivity contribution < 1.29 is 22.7 Å². The highest BCUT2D eigenvalue weighted by atomic mass is 79.9. The first kappa shape index (κ1) is 15.6. The molecule has 0 aliphatic carbocycles. The lowest BCUT2D eigenvalue weighted by Crippen LogP contribution is -2.36. The van der Waals surface area contributed by atoms with Crippen LogP contribution in [0.25, 0.3) is 0 Å². The number of carbonyl (C=O) groups is 1. The smallest absolute Gasteiger partial charge is 0.318 e. The highest BCUT2D eigenvalue weighted by molar-refractivity contribution is 9.10. The van der Waals surface area contributed by atoms with Crippen molar-refractivity contribution in [1.82, 2.24) is 4.31 Å². The van der Waals surface area contributed by atoms with Gasteiger partial charge in [-0.15, -0.1) is 6.42 Å². The number of terminal acetylenes is 1. The predicted octanol–water partition coefficient (Wildman–Crippen LogP) is 1.30. The van der Waals surface area contributed by atoms with Crippen LogP contribution in [0.3, 0.4) is 0 Å². The molecule has 8 heteroatoms. The van der Waals surface area contributed by atoms with Gasteiger partial charge in [-0.2, -0.15) is 4.31 Å². The standard InChI is InChI=1S/C11H9BrFNO4S/c1-2-5-14(7-11(15)16)19(17,18)10-4-3-8(13)6-9(10)12/h1,3-4,6H,5,7H2,(H,15,16). The molecule has 0 aliphatic heterocycles. The molecule has 0 spiro atoms. The van der Waals surface area contributed by atoms with E-state index >= 15 is 0 Å². The van der Waals surface area contributed by atoms with Gasteiger partial charge in [0.1, 0.15) is 12.4 Å². The number of carboxylic acid groups (broad SMARTS) is 1. The maximum absolute atomic E-state index is 12.9. The zero-order valence-electron chi connectivity index (χ0n) is 9.51. The van der Waals surface area contributed by atoms with Crippen molar-refractivity contribution in [2.45, 2.75) is 4.90 Å². The number of nitrogens with zero attached hydrogens (tertiary/aromatic N) is 1. The molecule has 5 nitrogen and oxygen atoms in total. The van der Waals surface area contributed by atoms with Gasteiger partial charge in [-0.3, -0.25) is 4.79 Å². The molecule has 0 aliphatic rings. The minimum Gasteiger partial charge on any atom is -0.480 e. The highest BCUT2D eigenvalue weighted by Gasteiger charge is 2.27. The molecule has 0 saturated carbocycles. The molecular weight excluding hydrogens is 341 g/mol. The molecular formula is C11H9BrFNO4S. The molecule has 1 N–H and O–H groups in total. The third-order valence-corrected chi connectivity index (χ3v) is 4.86. The molecule has 1 rings (SSSR count). The quantitative estimate of drug-likeness (QED) is 0.813. The largest absolute Gasteiger partial charge is 0.480 e. The zero-order chi connectivity index (χ0) is 14.6. The molecule has 0 radical (unpaired) electrons. The third-order valence-electron chi connectivity index (χ3n) is 2.09. The molecule has 0 atom stereocenters. The van der Waals surface area contributed by atoms with Crippen LogP contribution in [0.15, 0.2) is 27.6 Å². The van der Waals surface area contributed by atoms with E-state index in [1.165, 1.54) is 0 Å². The Labute approximate surface area is 118 Å². The normalized spacial score (nSPS) is 11.3. The number of sulfonamides is 1. The number of carboxylic acids is 1. The monoisotopic (exact) mass is 349 g/mol. The van der Waals surface area contributed by atoms with Crippen LogP contribution >= 0.6 is 15.9 Å². The second-order valence-electron chi connectivity index (χ2n) is 3.45. The first-order chi connectivity index (χ1) is 8.78. The first-order valence-electron chi connectivity index (χ1n) is 4.89. The predicted molar refractivity (Wildman–Crippen MR) is 69.3 cm³/mol. The maximum Gasteiger partial charge on any atom is 0.318 e. The summed E-state index contributed by atoms with van der Waals surface area (Å²) >= 11 is 2.92. The Bertz CT molecular complexity index is 639. The van der Waals surface area contributed by atoms with Gasteiger partial charge < -0.3 is 5.11 Å². The van der Waals surface area contributed by atoms with E-state index in [4.69, 9.17) is 11.5 Å². The fourth-order valence-corrected chi connectivity index (χ4v) is 3.61. The molecule has 0 aromatic heterocycles. The Morgan fingerprint density at radius 1 is 1.53 bits per heavy atom. The lowest BCUT2D eigenvalue weighted by Gasteiger charge is -2.18. The van der Waals surface area contributed by atoms with Crippen molar-refractivity contribution in [1.29, 1.82) is 0 Å². The van der Waals surface area contributed by atoms with Gasteiger partial charge in [-0.1, -0.05) is 5.92 Å². The second-order valence-corrected chi connectivity index (χ2v) is 6.21. The molecule has 0 unspecified atom stereocenters. The number of halogens is 2. The van der Waals surface area contributed by atoms with Crippen LogP contribution in [-0.2, 0) is 14.8 Å². The zero-order valence-corrected chi connectivity index (χ0v) is 11.9. The highest BCUT2D eigenvalue weighted by Crippen LogP contribution is 2.25. The van der Waals surface area contributed by atoms with E-state index in [1.807, 2.05) is 0 Å². The minimum absolute atomic E-state index is 0.0000831. The van der Waals surface area contributed by atoms with Gasteiger partial charge in [0.05, 0.1) is 11.4 Å². The number of rotatable bonds is 5. The van der Waals surface area contributed by atoms with E-state index in [0.717, 1.165) is 18.2 Å². The molecule has 102 valence electrons. The average Bonchev–Trinajstić information content (AvgIpc) is 2.27. The average molecular weight is 350 g/mol. The number of benzene rings is 1. The van der Waals surface area contributed by atoms with E-state index in [1.54, 1.807) is 0 Å². The van der Waals surface area contributed by atoms with Crippen molar-refractivity contribution in [3.8, 4) is 12.3 Å². The van der Waals surface area contributed by atoms with Gasteiger partial charge in [-0.05, 0) is 34.1 Å². The Hall–Kier alpha value is -1.43. The summed E-state index contributed by atoms with van der Waals surface area (Å²) in [6.07, 6.45) is 5.02. The summed E-state index contributed by atoms with van der Waals surface area (Å²) in [7, 11) is -4.11. The van der Waals surface area contributed by atoms with Gasteiger partial charge in [0.15, 0.2) is 0 Å². The molecule has 19 heavy (non-hydrogen) atoms. The molecule has 1 aromatic carbocycles. The van der Waals surface area contributed by atoms with Crippen molar-refractivity contribution in [2.24, 2.45) is 0 Å². The SMILES string of the molecule is C#CCN(CC(=O)O)S(=O)(=O)c1ccc(F)cc1Br. The van der Waals surface area contributed by atoms with Gasteiger partial charge in [-0.25, -0.2) is 12.8 Å². The van der Waals surface area contributed by atoms with Crippen LogP contribution in [0.4, 0.5) is 4.39 Å². The van der Waals surface area contributed by atoms with Gasteiger partial charge in [0.25, 0.3) is 0 Å². The van der Waals surface area contributed by atoms with Crippen molar-refractivity contribution in [3.63, 3.8) is 0 Å². The van der Waals surface area contributed by atoms with Crippen molar-refractivity contribution >= 4 is 31.9 Å². The van der Waals surface area contributed by atoms with E-state index < -0.39 is 34.9 Å². The second kappa shape index (κ2) is 6.14. The third kappa shape index (κ3) is 3.76. The molecule has 0 amide bonds. The van der Waals surface area contributed by atoms with Crippen LogP contribution in [0.1, 0.15) is 0 Å². The lowest BCUT2D eigenvalue weighted by atomic mass is 10.3. The van der Waals surface area contributed by atoms with Crippen LogP contribution in [0.2, 0.25) is 0 Å². The molecule has 0 heterocycles. The van der Waals surface area contributed by atoms with E-state index in [9.17, 15) is 17.6 Å². The van der Waals surface area contributed by atoms with Crippen LogP contribution in [0, 0.1) is 18.2 Å². The first-order valence-corrected chi connectivity index (χ1v) is 7.13.